The number of sulfone groups is 1. The maximum absolute atomic E-state index is 13.4. The second-order valence-corrected chi connectivity index (χ2v) is 12.2. The molecule has 1 saturated heterocycles. The Balaban J connectivity index is 0.00000253. The maximum atomic E-state index is 13.4. The van der Waals surface area contributed by atoms with E-state index in [9.17, 15) is 13.2 Å². The van der Waals surface area contributed by atoms with Crippen molar-refractivity contribution in [2.75, 3.05) is 29.6 Å². The second-order valence-electron chi connectivity index (χ2n) is 10.2. The van der Waals surface area contributed by atoms with E-state index in [2.05, 4.69) is 20.2 Å². The van der Waals surface area contributed by atoms with E-state index in [1.807, 2.05) is 66.4 Å². The Kier molecular flexibility index (Phi) is 11.9. The summed E-state index contributed by atoms with van der Waals surface area (Å²) in [5.41, 5.74) is 3.50. The lowest BCUT2D eigenvalue weighted by molar-refractivity contribution is 0.199. The smallest absolute Gasteiger partial charge is 0.326 e. The van der Waals surface area contributed by atoms with Gasteiger partial charge in [-0.1, -0.05) is 24.3 Å². The number of halogens is 2. The molecular formula is C31H35Cl2N5O4S. The van der Waals surface area contributed by atoms with Crippen LogP contribution in [-0.4, -0.2) is 54.7 Å². The van der Waals surface area contributed by atoms with Gasteiger partial charge in [-0.3, -0.25) is 14.8 Å². The first-order chi connectivity index (χ1) is 19.7. The van der Waals surface area contributed by atoms with E-state index in [1.54, 1.807) is 24.5 Å². The minimum Gasteiger partial charge on any atom is -0.439 e. The average molecular weight is 645 g/mol. The van der Waals surface area contributed by atoms with Gasteiger partial charge in [0.15, 0.2) is 9.84 Å². The van der Waals surface area contributed by atoms with E-state index in [-0.39, 0.29) is 41.8 Å². The zero-order chi connectivity index (χ0) is 28.8. The van der Waals surface area contributed by atoms with Crippen LogP contribution in [0.3, 0.4) is 0 Å². The van der Waals surface area contributed by atoms with Crippen LogP contribution >= 0.6 is 24.8 Å². The van der Waals surface area contributed by atoms with Crippen molar-refractivity contribution in [2.24, 2.45) is 0 Å². The third kappa shape index (κ3) is 9.14. The van der Waals surface area contributed by atoms with Crippen LogP contribution in [0.2, 0.25) is 0 Å². The van der Waals surface area contributed by atoms with E-state index in [0.717, 1.165) is 49.4 Å². The number of piperidine rings is 1. The van der Waals surface area contributed by atoms with Crippen LogP contribution in [0.25, 0.3) is 0 Å². The van der Waals surface area contributed by atoms with Crippen LogP contribution in [-0.2, 0) is 16.4 Å². The number of amides is 2. The van der Waals surface area contributed by atoms with Gasteiger partial charge in [-0.2, -0.15) is 0 Å². The number of nitrogens with zero attached hydrogens (tertiary/aromatic N) is 4. The average Bonchev–Trinajstić information content (AvgIpc) is 2.97. The van der Waals surface area contributed by atoms with Gasteiger partial charge in [-0.15, -0.1) is 24.8 Å². The quantitative estimate of drug-likeness (QED) is 0.233. The number of anilines is 2. The number of carbonyl (C=O) groups excluding carboxylic acids is 1. The molecule has 1 aliphatic heterocycles. The topological polar surface area (TPSA) is 105 Å². The number of hydrogen-bond donors (Lipinski definition) is 1. The number of benzene rings is 2. The number of ether oxygens (including phenoxy) is 1. The molecule has 0 radical (unpaired) electrons. The largest absolute Gasteiger partial charge is 0.439 e. The van der Waals surface area contributed by atoms with Crippen molar-refractivity contribution < 1.29 is 17.9 Å². The van der Waals surface area contributed by atoms with Crippen molar-refractivity contribution in [1.82, 2.24) is 14.9 Å². The summed E-state index contributed by atoms with van der Waals surface area (Å²) in [7, 11) is -3.25. The van der Waals surface area contributed by atoms with Gasteiger partial charge in [0.05, 0.1) is 16.8 Å². The Morgan fingerprint density at radius 3 is 2.21 bits per heavy atom. The summed E-state index contributed by atoms with van der Waals surface area (Å²) in [6, 6.07) is 23.5. The van der Waals surface area contributed by atoms with E-state index >= 15 is 0 Å². The summed E-state index contributed by atoms with van der Waals surface area (Å²) in [6.07, 6.45) is 6.33. The molecule has 9 nitrogen and oxygen atoms in total. The second kappa shape index (κ2) is 15.2. The first-order valence-electron chi connectivity index (χ1n) is 13.5. The molecule has 2 amide bonds. The minimum atomic E-state index is -3.25. The molecule has 2 aromatic carbocycles. The molecule has 0 atom stereocenters. The highest BCUT2D eigenvalue weighted by Gasteiger charge is 2.29. The van der Waals surface area contributed by atoms with Crippen LogP contribution in [0, 0.1) is 6.92 Å². The fourth-order valence-corrected chi connectivity index (χ4v) is 5.47. The number of likely N-dealkylation sites (tertiary alicyclic amines) is 1. The highest BCUT2D eigenvalue weighted by Crippen LogP contribution is 2.26. The standard InChI is InChI=1S/C31H33N5O4S.2ClH/c1-23-8-10-25(21-32-23)34-31(37)36(26-6-4-3-5-7-26)27-16-18-35(19-17-27)22-24-9-15-30(33-20-24)40-28-11-13-29(14-12-28)41(2,38)39;;/h3-15,20-21,27H,16-19,22H2,1-2H3,(H,34,37);2*1H. The van der Waals surface area contributed by atoms with Crippen LogP contribution in [0.5, 0.6) is 11.6 Å². The number of pyridine rings is 2. The summed E-state index contributed by atoms with van der Waals surface area (Å²) in [5, 5.41) is 3.01. The Labute approximate surface area is 265 Å². The van der Waals surface area contributed by atoms with E-state index in [0.29, 0.717) is 17.3 Å². The van der Waals surface area contributed by atoms with E-state index in [1.165, 1.54) is 18.4 Å². The molecule has 1 N–H and O–H groups in total. The Hall–Kier alpha value is -3.70. The number of nitrogens with one attached hydrogen (secondary N) is 1. The van der Waals surface area contributed by atoms with Gasteiger partial charge < -0.3 is 10.1 Å². The molecule has 0 bridgehead atoms. The molecule has 228 valence electrons. The third-order valence-corrected chi connectivity index (χ3v) is 8.14. The van der Waals surface area contributed by atoms with Crippen molar-refractivity contribution >= 4 is 52.1 Å². The predicted molar refractivity (Wildman–Crippen MR) is 174 cm³/mol. The summed E-state index contributed by atoms with van der Waals surface area (Å²) >= 11 is 0. The molecule has 2 aromatic heterocycles. The number of carbonyl (C=O) groups is 1. The summed E-state index contributed by atoms with van der Waals surface area (Å²) in [5.74, 6) is 0.957. The normalized spacial score (nSPS) is 13.7. The SMILES string of the molecule is Cc1ccc(NC(=O)N(c2ccccc2)C2CCN(Cc3ccc(Oc4ccc(S(C)(=O)=O)cc4)nc3)CC2)cn1.Cl.Cl. The van der Waals surface area contributed by atoms with Gasteiger partial charge in [0.25, 0.3) is 0 Å². The molecule has 0 saturated carbocycles. The lowest BCUT2D eigenvalue weighted by Gasteiger charge is -2.38. The van der Waals surface area contributed by atoms with Gasteiger partial charge >= 0.3 is 6.03 Å². The van der Waals surface area contributed by atoms with Crippen molar-refractivity contribution in [2.45, 2.75) is 37.2 Å². The molecule has 0 aliphatic carbocycles. The molecule has 0 unspecified atom stereocenters. The van der Waals surface area contributed by atoms with E-state index < -0.39 is 9.84 Å². The van der Waals surface area contributed by atoms with Crippen molar-refractivity contribution in [3.05, 3.63) is 103 Å². The maximum Gasteiger partial charge on any atom is 0.326 e. The zero-order valence-corrected chi connectivity index (χ0v) is 26.4. The number of hydrogen-bond acceptors (Lipinski definition) is 7. The van der Waals surface area contributed by atoms with Crippen molar-refractivity contribution in [1.29, 1.82) is 0 Å². The van der Waals surface area contributed by atoms with Gasteiger partial charge in [0, 0.05) is 55.6 Å². The summed E-state index contributed by atoms with van der Waals surface area (Å²) in [6.45, 7) is 4.35. The molecular weight excluding hydrogens is 609 g/mol. The lowest BCUT2D eigenvalue weighted by atomic mass is 10.0. The monoisotopic (exact) mass is 643 g/mol. The van der Waals surface area contributed by atoms with Gasteiger partial charge in [-0.25, -0.2) is 18.2 Å². The van der Waals surface area contributed by atoms with Crippen molar-refractivity contribution in [3.8, 4) is 11.6 Å². The van der Waals surface area contributed by atoms with Crippen molar-refractivity contribution in [3.63, 3.8) is 0 Å². The number of aromatic nitrogens is 2. The Bertz CT molecular complexity index is 1570. The number of aryl methyl sites for hydroxylation is 1. The van der Waals surface area contributed by atoms with Gasteiger partial charge in [0.2, 0.25) is 5.88 Å². The third-order valence-electron chi connectivity index (χ3n) is 7.02. The summed E-state index contributed by atoms with van der Waals surface area (Å²) < 4.78 is 29.1. The molecule has 4 aromatic rings. The highest BCUT2D eigenvalue weighted by molar-refractivity contribution is 7.90. The molecule has 1 aliphatic rings. The van der Waals surface area contributed by atoms with Gasteiger partial charge in [0.1, 0.15) is 5.75 Å². The molecule has 1 fully saturated rings. The molecule has 43 heavy (non-hydrogen) atoms. The number of rotatable bonds is 8. The zero-order valence-electron chi connectivity index (χ0n) is 23.9. The first kappa shape index (κ1) is 33.8. The molecule has 12 heteroatoms. The fourth-order valence-electron chi connectivity index (χ4n) is 4.84. The van der Waals surface area contributed by atoms with Crippen LogP contribution in [0.15, 0.2) is 96.2 Å². The van der Waals surface area contributed by atoms with Crippen LogP contribution < -0.4 is 15.0 Å². The predicted octanol–water partition coefficient (Wildman–Crippen LogP) is 6.53. The van der Waals surface area contributed by atoms with Crippen LogP contribution in [0.4, 0.5) is 16.2 Å². The number of para-hydroxylation sites is 1. The molecule has 3 heterocycles. The summed E-state index contributed by atoms with van der Waals surface area (Å²) in [4.78, 5) is 26.6. The van der Waals surface area contributed by atoms with Crippen LogP contribution in [0.1, 0.15) is 24.1 Å². The number of urea groups is 1. The Morgan fingerprint density at radius 1 is 0.930 bits per heavy atom. The highest BCUT2D eigenvalue weighted by atomic mass is 35.5. The fraction of sp³-hybridized carbons (Fsp3) is 0.258. The minimum absolute atomic E-state index is 0. The molecule has 5 rings (SSSR count). The lowest BCUT2D eigenvalue weighted by Crippen LogP contribution is -2.49. The Morgan fingerprint density at radius 2 is 1.63 bits per heavy atom. The van der Waals surface area contributed by atoms with Gasteiger partial charge in [-0.05, 0) is 73.9 Å². The molecule has 0 spiro atoms. The van der Waals surface area contributed by atoms with E-state index in [4.69, 9.17) is 4.74 Å². The first-order valence-corrected chi connectivity index (χ1v) is 15.4.